The molecule has 0 aromatic carbocycles. The van der Waals surface area contributed by atoms with Gasteiger partial charge in [-0.25, -0.2) is 10.1 Å². The van der Waals surface area contributed by atoms with Crippen LogP contribution in [0.5, 0.6) is 0 Å². The van der Waals surface area contributed by atoms with Gasteiger partial charge in [0.2, 0.25) is 11.5 Å². The largest absolute Gasteiger partial charge is 0.379 e. The van der Waals surface area contributed by atoms with Crippen molar-refractivity contribution in [2.45, 2.75) is 0 Å². The first-order chi connectivity index (χ1) is 10.2. The van der Waals surface area contributed by atoms with Gasteiger partial charge >= 0.3 is 0 Å². The second kappa shape index (κ2) is 5.85. The zero-order valence-electron chi connectivity index (χ0n) is 10.5. The predicted octanol–water partition coefficient (Wildman–Crippen LogP) is 2.21. The van der Waals surface area contributed by atoms with Crippen LogP contribution in [-0.4, -0.2) is 22.4 Å². The maximum absolute atomic E-state index is 11.6. The highest BCUT2D eigenvalue weighted by molar-refractivity contribution is 7.22. The number of anilines is 1. The number of thiophene rings is 2. The minimum atomic E-state index is -0.569. The molecule has 3 heterocycles. The van der Waals surface area contributed by atoms with Crippen molar-refractivity contribution in [1.29, 1.82) is 0 Å². The van der Waals surface area contributed by atoms with Crippen LogP contribution >= 0.6 is 22.7 Å². The van der Waals surface area contributed by atoms with Crippen LogP contribution in [0.1, 0.15) is 15.4 Å². The second-order valence-electron chi connectivity index (χ2n) is 3.88. The van der Waals surface area contributed by atoms with Gasteiger partial charge in [-0.1, -0.05) is 6.07 Å². The molecule has 0 aliphatic rings. The smallest absolute Gasteiger partial charge is 0.297 e. The molecule has 0 aliphatic carbocycles. The number of nitrogens with one attached hydrogen (secondary N) is 1. The van der Waals surface area contributed by atoms with Crippen LogP contribution in [0.3, 0.4) is 0 Å². The van der Waals surface area contributed by atoms with Crippen molar-refractivity contribution in [1.82, 2.24) is 15.7 Å². The number of nitrogens with zero attached hydrogens (tertiary/aromatic N) is 3. The van der Waals surface area contributed by atoms with E-state index in [1.807, 2.05) is 23.6 Å². The second-order valence-corrected chi connectivity index (χ2v) is 5.94. The van der Waals surface area contributed by atoms with Crippen molar-refractivity contribution < 1.29 is 9.42 Å². The maximum Gasteiger partial charge on any atom is 0.297 e. The summed E-state index contributed by atoms with van der Waals surface area (Å²) in [6.45, 7) is 0. The van der Waals surface area contributed by atoms with E-state index in [1.165, 1.54) is 4.88 Å². The maximum atomic E-state index is 11.6. The summed E-state index contributed by atoms with van der Waals surface area (Å²) in [6, 6.07) is 8.00. The minimum Gasteiger partial charge on any atom is -0.379 e. The van der Waals surface area contributed by atoms with Crippen molar-refractivity contribution in [2.75, 3.05) is 5.73 Å². The van der Waals surface area contributed by atoms with Gasteiger partial charge in [-0.05, 0) is 33.9 Å². The van der Waals surface area contributed by atoms with Gasteiger partial charge in [-0.2, -0.15) is 5.10 Å². The van der Waals surface area contributed by atoms with Gasteiger partial charge in [0.25, 0.3) is 5.91 Å². The van der Waals surface area contributed by atoms with Crippen molar-refractivity contribution in [3.8, 4) is 9.75 Å². The number of nitrogens with two attached hydrogens (primary N) is 1. The van der Waals surface area contributed by atoms with Crippen molar-refractivity contribution >= 4 is 40.6 Å². The van der Waals surface area contributed by atoms with Gasteiger partial charge in [0, 0.05) is 14.6 Å². The third-order valence-corrected chi connectivity index (χ3v) is 4.56. The number of aromatic nitrogens is 2. The summed E-state index contributed by atoms with van der Waals surface area (Å²) in [5, 5.41) is 12.6. The Morgan fingerprint density at radius 3 is 2.95 bits per heavy atom. The molecule has 3 aromatic heterocycles. The molecule has 0 saturated heterocycles. The summed E-state index contributed by atoms with van der Waals surface area (Å²) in [6.07, 6.45) is 1.56. The van der Waals surface area contributed by atoms with Gasteiger partial charge in [-0.3, -0.25) is 4.79 Å². The summed E-state index contributed by atoms with van der Waals surface area (Å²) in [5.41, 5.74) is 7.64. The topological polar surface area (TPSA) is 106 Å². The van der Waals surface area contributed by atoms with Crippen molar-refractivity contribution in [3.63, 3.8) is 0 Å². The molecule has 3 aromatic rings. The Kier molecular flexibility index (Phi) is 3.75. The Labute approximate surface area is 127 Å². The van der Waals surface area contributed by atoms with E-state index in [0.29, 0.717) is 0 Å². The highest BCUT2D eigenvalue weighted by atomic mass is 32.1. The Bertz CT molecular complexity index is 775. The number of amides is 1. The molecule has 0 fully saturated rings. The minimum absolute atomic E-state index is 0.0706. The molecule has 0 radical (unpaired) electrons. The Balaban J connectivity index is 1.64. The van der Waals surface area contributed by atoms with Gasteiger partial charge < -0.3 is 5.73 Å². The number of nitrogen functional groups attached to an aromatic ring is 1. The number of hydrogen-bond acceptors (Lipinski definition) is 8. The van der Waals surface area contributed by atoms with Crippen LogP contribution in [0.4, 0.5) is 5.82 Å². The van der Waals surface area contributed by atoms with E-state index in [2.05, 4.69) is 31.5 Å². The molecule has 1 amide bonds. The fraction of sp³-hybridized carbons (Fsp3) is 0. The lowest BCUT2D eigenvalue weighted by Gasteiger charge is -1.93. The summed E-state index contributed by atoms with van der Waals surface area (Å²) in [5.74, 6) is -0.640. The summed E-state index contributed by atoms with van der Waals surface area (Å²) >= 11 is 3.26. The van der Waals surface area contributed by atoms with E-state index in [-0.39, 0.29) is 11.5 Å². The zero-order chi connectivity index (χ0) is 14.7. The van der Waals surface area contributed by atoms with Gasteiger partial charge in [-0.15, -0.1) is 22.7 Å². The van der Waals surface area contributed by atoms with Crippen LogP contribution in [0.25, 0.3) is 9.75 Å². The van der Waals surface area contributed by atoms with E-state index in [9.17, 15) is 4.79 Å². The lowest BCUT2D eigenvalue weighted by molar-refractivity contribution is 0.0946. The quantitative estimate of drug-likeness (QED) is 0.566. The summed E-state index contributed by atoms with van der Waals surface area (Å²) in [7, 11) is 0. The number of hydrazone groups is 1. The molecule has 3 rings (SSSR count). The highest BCUT2D eigenvalue weighted by Crippen LogP contribution is 2.30. The first-order valence-electron chi connectivity index (χ1n) is 5.79. The zero-order valence-corrected chi connectivity index (χ0v) is 12.1. The molecule has 9 heteroatoms. The molecule has 0 spiro atoms. The lowest BCUT2D eigenvalue weighted by atomic mass is 10.4. The molecule has 21 heavy (non-hydrogen) atoms. The third kappa shape index (κ3) is 2.98. The number of carbonyl (C=O) groups excluding carboxylic acids is 1. The van der Waals surface area contributed by atoms with Crippen molar-refractivity contribution in [3.05, 3.63) is 40.2 Å². The standard InChI is InChI=1S/C12H9N5O2S2/c13-11-10(16-19-17-11)12(18)15-14-6-7-3-4-9(21-7)8-2-1-5-20-8/h1-6H,(H2,13,17)(H,15,18)/b14-6+. The van der Waals surface area contributed by atoms with Gasteiger partial charge in [0.1, 0.15) is 0 Å². The van der Waals surface area contributed by atoms with Crippen LogP contribution in [-0.2, 0) is 0 Å². The van der Waals surface area contributed by atoms with Crippen LogP contribution < -0.4 is 11.2 Å². The van der Waals surface area contributed by atoms with Crippen molar-refractivity contribution in [2.24, 2.45) is 5.10 Å². The Morgan fingerprint density at radius 2 is 2.24 bits per heavy atom. The number of hydrogen-bond donors (Lipinski definition) is 2. The first kappa shape index (κ1) is 13.5. The number of carbonyl (C=O) groups is 1. The molecule has 0 unspecified atom stereocenters. The highest BCUT2D eigenvalue weighted by Gasteiger charge is 2.14. The lowest BCUT2D eigenvalue weighted by Crippen LogP contribution is -2.19. The number of rotatable bonds is 4. The van der Waals surface area contributed by atoms with Crippen LogP contribution in [0.2, 0.25) is 0 Å². The average molecular weight is 319 g/mol. The molecular weight excluding hydrogens is 310 g/mol. The monoisotopic (exact) mass is 319 g/mol. The molecule has 0 saturated carbocycles. The van der Waals surface area contributed by atoms with Crippen LogP contribution in [0.15, 0.2) is 39.4 Å². The molecule has 3 N–H and O–H groups in total. The SMILES string of the molecule is Nc1nonc1C(=O)N/N=C/c1ccc(-c2cccs2)s1. The van der Waals surface area contributed by atoms with E-state index >= 15 is 0 Å². The first-order valence-corrected chi connectivity index (χ1v) is 7.49. The van der Waals surface area contributed by atoms with Gasteiger partial charge in [0.15, 0.2) is 0 Å². The average Bonchev–Trinajstić information content (AvgIpc) is 3.19. The normalized spacial score (nSPS) is 11.0. The van der Waals surface area contributed by atoms with E-state index in [0.717, 1.165) is 9.75 Å². The molecule has 0 aliphatic heterocycles. The van der Waals surface area contributed by atoms with E-state index in [1.54, 1.807) is 28.9 Å². The Hall–Kier alpha value is -2.52. The molecule has 0 atom stereocenters. The molecular formula is C12H9N5O2S2. The molecule has 7 nitrogen and oxygen atoms in total. The molecule has 106 valence electrons. The Morgan fingerprint density at radius 1 is 1.33 bits per heavy atom. The summed E-state index contributed by atoms with van der Waals surface area (Å²) in [4.78, 5) is 14.9. The predicted molar refractivity (Wildman–Crippen MR) is 81.4 cm³/mol. The van der Waals surface area contributed by atoms with Crippen LogP contribution in [0, 0.1) is 0 Å². The third-order valence-electron chi connectivity index (χ3n) is 2.48. The fourth-order valence-corrected chi connectivity index (χ4v) is 3.25. The fourth-order valence-electron chi connectivity index (χ4n) is 1.53. The van der Waals surface area contributed by atoms with E-state index < -0.39 is 5.91 Å². The molecule has 0 bridgehead atoms. The van der Waals surface area contributed by atoms with Gasteiger partial charge in [0.05, 0.1) is 6.21 Å². The van der Waals surface area contributed by atoms with E-state index in [4.69, 9.17) is 5.73 Å². The summed E-state index contributed by atoms with van der Waals surface area (Å²) < 4.78 is 4.34.